The Bertz CT molecular complexity index is 971. The molecule has 1 aliphatic heterocycles. The van der Waals surface area contributed by atoms with E-state index in [1.54, 1.807) is 6.07 Å². The molecule has 1 saturated heterocycles. The van der Waals surface area contributed by atoms with Gasteiger partial charge in [0.05, 0.1) is 19.0 Å². The van der Waals surface area contributed by atoms with Crippen LogP contribution in [0.25, 0.3) is 11.1 Å². The van der Waals surface area contributed by atoms with E-state index < -0.39 is 5.97 Å². The van der Waals surface area contributed by atoms with Gasteiger partial charge < -0.3 is 14.1 Å². The number of nitrogens with zero attached hydrogens (tertiary/aromatic N) is 4. The Labute approximate surface area is 146 Å². The molecule has 1 aromatic carbocycles. The second-order valence-electron chi connectivity index (χ2n) is 5.64. The zero-order valence-electron chi connectivity index (χ0n) is 13.1. The maximum Gasteiger partial charge on any atom is 0.359 e. The highest BCUT2D eigenvalue weighted by atomic mass is 35.5. The van der Waals surface area contributed by atoms with Gasteiger partial charge in [-0.1, -0.05) is 11.6 Å². The lowest BCUT2D eigenvalue weighted by Crippen LogP contribution is -2.45. The minimum atomic E-state index is -0.628. The summed E-state index contributed by atoms with van der Waals surface area (Å²) < 4.78 is 23.5. The molecule has 2 aromatic heterocycles. The van der Waals surface area contributed by atoms with Crippen molar-refractivity contribution in [2.75, 3.05) is 25.1 Å². The van der Waals surface area contributed by atoms with Crippen LogP contribution in [0, 0.1) is 5.82 Å². The molecule has 25 heavy (non-hydrogen) atoms. The van der Waals surface area contributed by atoms with Crippen LogP contribution in [0.4, 0.5) is 10.4 Å². The van der Waals surface area contributed by atoms with Gasteiger partial charge in [-0.25, -0.2) is 19.2 Å². The largest absolute Gasteiger partial charge is 0.464 e. The highest BCUT2D eigenvalue weighted by Crippen LogP contribution is 2.32. The van der Waals surface area contributed by atoms with Crippen LogP contribution in [0.15, 0.2) is 28.8 Å². The molecule has 0 N–H and O–H groups in total. The van der Waals surface area contributed by atoms with Crippen molar-refractivity contribution in [3.63, 3.8) is 0 Å². The van der Waals surface area contributed by atoms with Gasteiger partial charge in [-0.2, -0.15) is 4.98 Å². The fourth-order valence-electron chi connectivity index (χ4n) is 2.65. The summed E-state index contributed by atoms with van der Waals surface area (Å²) in [6.07, 6.45) is 1.54. The number of esters is 1. The fourth-order valence-corrected chi connectivity index (χ4v) is 2.82. The first kappa shape index (κ1) is 15.8. The number of methoxy groups -OCH3 is 1. The minimum Gasteiger partial charge on any atom is -0.464 e. The maximum absolute atomic E-state index is 13.2. The normalized spacial score (nSPS) is 14.6. The number of fused-ring (bicyclic) bond motifs is 1. The standard InChI is InChI=1S/C16H12ClFN4O3/c1-24-15(23)13-14(17)19-5-11(20-13)8-6-22(7-8)16-21-10-3-2-9(18)4-12(10)25-16/h2-5,8H,6-7H2,1H3. The Morgan fingerprint density at radius 1 is 1.40 bits per heavy atom. The maximum atomic E-state index is 13.2. The van der Waals surface area contributed by atoms with Gasteiger partial charge in [-0.05, 0) is 12.1 Å². The molecule has 7 nitrogen and oxygen atoms in total. The number of carbonyl (C=O) groups excluding carboxylic acids is 1. The minimum absolute atomic E-state index is 0.00236. The summed E-state index contributed by atoms with van der Waals surface area (Å²) >= 11 is 5.88. The molecule has 0 aliphatic carbocycles. The molecular formula is C16H12ClFN4O3. The van der Waals surface area contributed by atoms with Crippen molar-refractivity contribution in [2.24, 2.45) is 0 Å². The second kappa shape index (κ2) is 5.96. The lowest BCUT2D eigenvalue weighted by molar-refractivity contribution is 0.0593. The van der Waals surface area contributed by atoms with Crippen molar-refractivity contribution in [1.82, 2.24) is 15.0 Å². The Hall–Kier alpha value is -2.74. The molecule has 0 saturated carbocycles. The fraction of sp³-hybridized carbons (Fsp3) is 0.250. The number of aromatic nitrogens is 3. The number of oxazole rings is 1. The van der Waals surface area contributed by atoms with Crippen molar-refractivity contribution in [2.45, 2.75) is 5.92 Å². The van der Waals surface area contributed by atoms with Crippen molar-refractivity contribution >= 4 is 34.7 Å². The molecule has 0 bridgehead atoms. The summed E-state index contributed by atoms with van der Waals surface area (Å²) in [5, 5.41) is 0.00718. The molecule has 9 heteroatoms. The number of rotatable bonds is 3. The van der Waals surface area contributed by atoms with Crippen LogP contribution in [0.1, 0.15) is 22.1 Å². The van der Waals surface area contributed by atoms with Crippen molar-refractivity contribution < 1.29 is 18.3 Å². The summed E-state index contributed by atoms with van der Waals surface area (Å²) in [6.45, 7) is 1.18. The third-order valence-electron chi connectivity index (χ3n) is 4.03. The first-order valence-corrected chi connectivity index (χ1v) is 7.84. The van der Waals surface area contributed by atoms with Gasteiger partial charge in [-0.15, -0.1) is 0 Å². The lowest BCUT2D eigenvalue weighted by Gasteiger charge is -2.37. The second-order valence-corrected chi connectivity index (χ2v) is 5.99. The molecule has 3 aromatic rings. The monoisotopic (exact) mass is 362 g/mol. The number of benzene rings is 1. The van der Waals surface area contributed by atoms with Gasteiger partial charge in [0.15, 0.2) is 16.4 Å². The van der Waals surface area contributed by atoms with Crippen LogP contribution in [0.5, 0.6) is 0 Å². The van der Waals surface area contributed by atoms with Crippen LogP contribution < -0.4 is 4.90 Å². The number of anilines is 1. The van der Waals surface area contributed by atoms with Crippen LogP contribution in [-0.4, -0.2) is 41.1 Å². The molecule has 4 rings (SSSR count). The zero-order chi connectivity index (χ0) is 17.6. The molecule has 0 atom stereocenters. The van der Waals surface area contributed by atoms with E-state index in [0.717, 1.165) is 0 Å². The summed E-state index contributed by atoms with van der Waals surface area (Å²) in [5.74, 6) is -0.945. The lowest BCUT2D eigenvalue weighted by atomic mass is 9.97. The molecular weight excluding hydrogens is 351 g/mol. The quantitative estimate of drug-likeness (QED) is 0.662. The third kappa shape index (κ3) is 2.78. The topological polar surface area (TPSA) is 81.4 Å². The van der Waals surface area contributed by atoms with E-state index in [1.807, 2.05) is 4.90 Å². The number of hydrogen-bond acceptors (Lipinski definition) is 7. The zero-order valence-corrected chi connectivity index (χ0v) is 13.8. The molecule has 3 heterocycles. The van der Waals surface area contributed by atoms with E-state index in [4.69, 9.17) is 16.0 Å². The summed E-state index contributed by atoms with van der Waals surface area (Å²) in [5.41, 5.74) is 1.64. The van der Waals surface area contributed by atoms with Crippen molar-refractivity contribution in [3.05, 3.63) is 46.8 Å². The molecule has 0 radical (unpaired) electrons. The average molecular weight is 363 g/mol. The Balaban J connectivity index is 1.52. The molecule has 0 spiro atoms. The smallest absolute Gasteiger partial charge is 0.359 e. The highest BCUT2D eigenvalue weighted by Gasteiger charge is 2.33. The molecule has 1 aliphatic rings. The Morgan fingerprint density at radius 3 is 2.96 bits per heavy atom. The van der Waals surface area contributed by atoms with E-state index in [2.05, 4.69) is 19.7 Å². The Morgan fingerprint density at radius 2 is 2.20 bits per heavy atom. The van der Waals surface area contributed by atoms with E-state index in [0.29, 0.717) is 35.9 Å². The van der Waals surface area contributed by atoms with Gasteiger partial charge in [0.1, 0.15) is 11.3 Å². The first-order valence-electron chi connectivity index (χ1n) is 7.47. The SMILES string of the molecule is COC(=O)c1nc(C2CN(c3nc4ccc(F)cc4o3)C2)cnc1Cl. The summed E-state index contributed by atoms with van der Waals surface area (Å²) in [6, 6.07) is 4.64. The van der Waals surface area contributed by atoms with E-state index in [1.165, 1.54) is 25.4 Å². The van der Waals surface area contributed by atoms with Gasteiger partial charge >= 0.3 is 5.97 Å². The van der Waals surface area contributed by atoms with Crippen LogP contribution in [0.2, 0.25) is 5.15 Å². The van der Waals surface area contributed by atoms with Gasteiger partial charge in [0.2, 0.25) is 0 Å². The molecule has 128 valence electrons. The van der Waals surface area contributed by atoms with Crippen LogP contribution in [-0.2, 0) is 4.74 Å². The van der Waals surface area contributed by atoms with Gasteiger partial charge in [-0.3, -0.25) is 0 Å². The van der Waals surface area contributed by atoms with Crippen molar-refractivity contribution in [3.8, 4) is 0 Å². The predicted molar refractivity (Wildman–Crippen MR) is 87.3 cm³/mol. The number of halogens is 2. The summed E-state index contributed by atoms with van der Waals surface area (Å²) in [7, 11) is 1.26. The van der Waals surface area contributed by atoms with E-state index in [9.17, 15) is 9.18 Å². The van der Waals surface area contributed by atoms with Crippen LogP contribution in [0.3, 0.4) is 0 Å². The number of hydrogen-bond donors (Lipinski definition) is 0. The van der Waals surface area contributed by atoms with Crippen molar-refractivity contribution in [1.29, 1.82) is 0 Å². The van der Waals surface area contributed by atoms with Gasteiger partial charge in [0.25, 0.3) is 6.01 Å². The number of carbonyl (C=O) groups is 1. The van der Waals surface area contributed by atoms with E-state index in [-0.39, 0.29) is 22.6 Å². The predicted octanol–water partition coefficient (Wildman–Crippen LogP) is 2.80. The molecule has 1 fully saturated rings. The third-order valence-corrected chi connectivity index (χ3v) is 4.31. The molecule has 0 unspecified atom stereocenters. The highest BCUT2D eigenvalue weighted by molar-refractivity contribution is 6.32. The van der Waals surface area contributed by atoms with E-state index >= 15 is 0 Å². The molecule has 0 amide bonds. The van der Waals surface area contributed by atoms with Gasteiger partial charge in [0, 0.05) is 25.1 Å². The Kier molecular flexibility index (Phi) is 3.76. The van der Waals surface area contributed by atoms with Crippen LogP contribution >= 0.6 is 11.6 Å². The number of ether oxygens (including phenoxy) is 1. The summed E-state index contributed by atoms with van der Waals surface area (Å²) in [4.78, 5) is 26.1. The average Bonchev–Trinajstić information content (AvgIpc) is 2.96. The first-order chi connectivity index (χ1) is 12.0.